The van der Waals surface area contributed by atoms with Gasteiger partial charge < -0.3 is 11.1 Å². The molecule has 0 aliphatic carbocycles. The fraction of sp³-hybridized carbons (Fsp3) is 0.312. The maximum absolute atomic E-state index is 9.45. The minimum atomic E-state index is -0.624. The van der Waals surface area contributed by atoms with E-state index in [2.05, 4.69) is 54.4 Å². The molecule has 22 heavy (non-hydrogen) atoms. The van der Waals surface area contributed by atoms with E-state index >= 15 is 0 Å². The molecule has 2 aromatic rings. The number of aromatic nitrogens is 3. The van der Waals surface area contributed by atoms with E-state index in [1.807, 2.05) is 12.1 Å². The Bertz CT molecular complexity index is 770. The highest BCUT2D eigenvalue weighted by Crippen LogP contribution is 2.32. The van der Waals surface area contributed by atoms with Gasteiger partial charge in [0.1, 0.15) is 18.6 Å². The SMILES string of the molecule is CC(C)(C)c1ccc(C2=C(C#N)[C@H](N)n3ncnc3N2)cc1. The largest absolute Gasteiger partial charge is 0.323 e. The molecule has 3 rings (SSSR count). The fourth-order valence-electron chi connectivity index (χ4n) is 2.48. The Labute approximate surface area is 129 Å². The lowest BCUT2D eigenvalue weighted by atomic mass is 9.86. The van der Waals surface area contributed by atoms with Crippen molar-refractivity contribution in [3.8, 4) is 6.07 Å². The summed E-state index contributed by atoms with van der Waals surface area (Å²) in [5.74, 6) is 0.543. The smallest absolute Gasteiger partial charge is 0.227 e. The predicted molar refractivity (Wildman–Crippen MR) is 84.5 cm³/mol. The van der Waals surface area contributed by atoms with Crippen LogP contribution in [0.3, 0.4) is 0 Å². The Hall–Kier alpha value is -2.65. The van der Waals surface area contributed by atoms with Crippen LogP contribution in [0.4, 0.5) is 5.95 Å². The van der Waals surface area contributed by atoms with E-state index in [-0.39, 0.29) is 5.41 Å². The summed E-state index contributed by atoms with van der Waals surface area (Å²) >= 11 is 0. The molecule has 0 bridgehead atoms. The second kappa shape index (κ2) is 4.97. The van der Waals surface area contributed by atoms with Gasteiger partial charge in [0.05, 0.1) is 11.3 Å². The van der Waals surface area contributed by atoms with Crippen molar-refractivity contribution in [2.24, 2.45) is 5.73 Å². The summed E-state index contributed by atoms with van der Waals surface area (Å²) in [6.07, 6.45) is 0.795. The van der Waals surface area contributed by atoms with Crippen LogP contribution < -0.4 is 11.1 Å². The Morgan fingerprint density at radius 1 is 1.27 bits per heavy atom. The number of nitriles is 1. The molecule has 0 saturated carbocycles. The first-order chi connectivity index (χ1) is 10.4. The van der Waals surface area contributed by atoms with Gasteiger partial charge in [-0.1, -0.05) is 45.0 Å². The first kappa shape index (κ1) is 14.3. The van der Waals surface area contributed by atoms with Crippen molar-refractivity contribution in [1.29, 1.82) is 5.26 Å². The van der Waals surface area contributed by atoms with Crippen LogP contribution >= 0.6 is 0 Å². The van der Waals surface area contributed by atoms with E-state index in [0.717, 1.165) is 5.56 Å². The highest BCUT2D eigenvalue weighted by Gasteiger charge is 2.27. The lowest BCUT2D eigenvalue weighted by Crippen LogP contribution is -2.29. The first-order valence-electron chi connectivity index (χ1n) is 7.09. The second-order valence-corrected chi connectivity index (χ2v) is 6.33. The van der Waals surface area contributed by atoms with Gasteiger partial charge in [-0.25, -0.2) is 4.68 Å². The third-order valence-corrected chi connectivity index (χ3v) is 3.80. The molecule has 0 amide bonds. The molecule has 2 heterocycles. The van der Waals surface area contributed by atoms with E-state index in [1.54, 1.807) is 0 Å². The predicted octanol–water partition coefficient (Wildman–Crippen LogP) is 2.39. The maximum atomic E-state index is 9.45. The Kier molecular flexibility index (Phi) is 3.23. The number of fused-ring (bicyclic) bond motifs is 1. The number of rotatable bonds is 1. The Morgan fingerprint density at radius 3 is 2.55 bits per heavy atom. The molecule has 112 valence electrons. The average Bonchev–Trinajstić information content (AvgIpc) is 2.95. The minimum Gasteiger partial charge on any atom is -0.323 e. The van der Waals surface area contributed by atoms with Crippen LogP contribution in [0.15, 0.2) is 36.2 Å². The standard InChI is InChI=1S/C16H18N6/c1-16(2,3)11-6-4-10(5-7-11)13-12(8-17)14(18)22-15(21-13)19-9-20-22/h4-7,9,14H,18H2,1-3H3,(H,19,20,21)/t14-/m1/s1. The van der Waals surface area contributed by atoms with Crippen LogP contribution in [-0.4, -0.2) is 14.8 Å². The quantitative estimate of drug-likeness (QED) is 0.842. The van der Waals surface area contributed by atoms with E-state index < -0.39 is 6.17 Å². The van der Waals surface area contributed by atoms with Crippen molar-refractivity contribution in [3.05, 3.63) is 47.3 Å². The zero-order valence-electron chi connectivity index (χ0n) is 12.8. The summed E-state index contributed by atoms with van der Waals surface area (Å²) < 4.78 is 1.51. The van der Waals surface area contributed by atoms with Crippen molar-refractivity contribution in [2.75, 3.05) is 5.32 Å². The number of nitrogens with two attached hydrogens (primary N) is 1. The molecule has 1 aliphatic heterocycles. The molecule has 1 atom stereocenters. The number of nitrogens with zero attached hydrogens (tertiary/aromatic N) is 4. The van der Waals surface area contributed by atoms with Gasteiger partial charge in [0.25, 0.3) is 0 Å². The minimum absolute atomic E-state index is 0.0849. The lowest BCUT2D eigenvalue weighted by Gasteiger charge is -2.25. The molecule has 3 N–H and O–H groups in total. The third-order valence-electron chi connectivity index (χ3n) is 3.80. The topological polar surface area (TPSA) is 92.5 Å². The van der Waals surface area contributed by atoms with Crippen LogP contribution in [0.2, 0.25) is 0 Å². The van der Waals surface area contributed by atoms with Crippen molar-refractivity contribution in [1.82, 2.24) is 14.8 Å². The summed E-state index contributed by atoms with van der Waals surface area (Å²) in [7, 11) is 0. The van der Waals surface area contributed by atoms with Crippen molar-refractivity contribution >= 4 is 11.6 Å². The second-order valence-electron chi connectivity index (χ2n) is 6.33. The molecule has 1 aliphatic rings. The van der Waals surface area contributed by atoms with Crippen LogP contribution in [-0.2, 0) is 5.41 Å². The summed E-state index contributed by atoms with van der Waals surface area (Å²) in [6, 6.07) is 10.3. The van der Waals surface area contributed by atoms with Gasteiger partial charge in [0, 0.05) is 0 Å². The summed E-state index contributed by atoms with van der Waals surface area (Å²) in [5.41, 5.74) is 9.48. The normalized spacial score (nSPS) is 17.7. The maximum Gasteiger partial charge on any atom is 0.227 e. The third kappa shape index (κ3) is 2.26. The zero-order chi connectivity index (χ0) is 15.9. The number of nitrogens with one attached hydrogen (secondary N) is 1. The molecule has 0 saturated heterocycles. The summed E-state index contributed by atoms with van der Waals surface area (Å²) in [6.45, 7) is 6.50. The summed E-state index contributed by atoms with van der Waals surface area (Å²) in [5, 5.41) is 16.6. The van der Waals surface area contributed by atoms with Crippen LogP contribution in [0.1, 0.15) is 38.1 Å². The lowest BCUT2D eigenvalue weighted by molar-refractivity contribution is 0.542. The van der Waals surface area contributed by atoms with Crippen molar-refractivity contribution < 1.29 is 0 Å². The molecular weight excluding hydrogens is 276 g/mol. The molecule has 1 aromatic heterocycles. The molecular formula is C16H18N6. The number of anilines is 1. The Morgan fingerprint density at radius 2 is 1.95 bits per heavy atom. The van der Waals surface area contributed by atoms with E-state index in [1.165, 1.54) is 16.6 Å². The van der Waals surface area contributed by atoms with Gasteiger partial charge >= 0.3 is 0 Å². The Balaban J connectivity index is 2.05. The molecule has 6 nitrogen and oxygen atoms in total. The molecule has 0 spiro atoms. The molecule has 6 heteroatoms. The van der Waals surface area contributed by atoms with Crippen LogP contribution in [0, 0.1) is 11.3 Å². The van der Waals surface area contributed by atoms with Crippen molar-refractivity contribution in [2.45, 2.75) is 32.4 Å². The van der Waals surface area contributed by atoms with Crippen LogP contribution in [0.5, 0.6) is 0 Å². The molecule has 1 aromatic carbocycles. The monoisotopic (exact) mass is 294 g/mol. The van der Waals surface area contributed by atoms with E-state index in [9.17, 15) is 5.26 Å². The van der Waals surface area contributed by atoms with Gasteiger partial charge in [-0.3, -0.25) is 0 Å². The van der Waals surface area contributed by atoms with Crippen molar-refractivity contribution in [3.63, 3.8) is 0 Å². The van der Waals surface area contributed by atoms with Gasteiger partial charge in [0.15, 0.2) is 0 Å². The first-order valence-corrected chi connectivity index (χ1v) is 7.09. The summed E-state index contributed by atoms with van der Waals surface area (Å²) in [4.78, 5) is 4.13. The van der Waals surface area contributed by atoms with Crippen LogP contribution in [0.25, 0.3) is 5.70 Å². The number of benzene rings is 1. The highest BCUT2D eigenvalue weighted by atomic mass is 15.4. The molecule has 0 unspecified atom stereocenters. The van der Waals surface area contributed by atoms with E-state index in [4.69, 9.17) is 5.73 Å². The fourth-order valence-corrected chi connectivity index (χ4v) is 2.48. The molecule has 0 radical (unpaired) electrons. The van der Waals surface area contributed by atoms with Gasteiger partial charge in [-0.15, -0.1) is 0 Å². The number of hydrogen-bond donors (Lipinski definition) is 2. The average molecular weight is 294 g/mol. The van der Waals surface area contributed by atoms with E-state index in [0.29, 0.717) is 17.2 Å². The van der Waals surface area contributed by atoms with Gasteiger partial charge in [-0.05, 0) is 16.5 Å². The highest BCUT2D eigenvalue weighted by molar-refractivity contribution is 5.81. The number of hydrogen-bond acceptors (Lipinski definition) is 5. The molecule has 0 fully saturated rings. The zero-order valence-corrected chi connectivity index (χ0v) is 12.8. The van der Waals surface area contributed by atoms with Gasteiger partial charge in [-0.2, -0.15) is 15.3 Å². The van der Waals surface area contributed by atoms with Gasteiger partial charge in [0.2, 0.25) is 5.95 Å².